The number of nitrogens with zero attached hydrogens (tertiary/aromatic N) is 2. The lowest BCUT2D eigenvalue weighted by Gasteiger charge is -2.27. The van der Waals surface area contributed by atoms with E-state index < -0.39 is 0 Å². The van der Waals surface area contributed by atoms with Crippen molar-refractivity contribution in [2.45, 2.75) is 33.2 Å². The molecule has 0 aliphatic carbocycles. The van der Waals surface area contributed by atoms with Crippen molar-refractivity contribution in [3.05, 3.63) is 29.0 Å². The van der Waals surface area contributed by atoms with Crippen LogP contribution in [0.25, 0.3) is 0 Å². The summed E-state index contributed by atoms with van der Waals surface area (Å²) in [5.74, 6) is 0.0150. The van der Waals surface area contributed by atoms with Crippen LogP contribution in [0.3, 0.4) is 0 Å². The van der Waals surface area contributed by atoms with E-state index in [9.17, 15) is 4.79 Å². The number of hydrogen-bond donors (Lipinski definition) is 0. The molecule has 0 aromatic carbocycles. The summed E-state index contributed by atoms with van der Waals surface area (Å²) in [6.45, 7) is 6.80. The Labute approximate surface area is 101 Å². The lowest BCUT2D eigenvalue weighted by Crippen LogP contribution is -2.38. The molecule has 1 amide bonds. The molecular formula is C12H17ClN2O. The molecule has 0 radical (unpaired) electrons. The molecule has 88 valence electrons. The van der Waals surface area contributed by atoms with Gasteiger partial charge in [-0.3, -0.25) is 4.79 Å². The van der Waals surface area contributed by atoms with Crippen molar-refractivity contribution in [3.8, 4) is 0 Å². The molecule has 0 spiro atoms. The Bertz CT molecular complexity index is 368. The molecule has 3 nitrogen and oxygen atoms in total. The van der Waals surface area contributed by atoms with E-state index in [-0.39, 0.29) is 11.9 Å². The molecule has 16 heavy (non-hydrogen) atoms. The minimum absolute atomic E-state index is 0.0150. The summed E-state index contributed by atoms with van der Waals surface area (Å²) in [5.41, 5.74) is 0.599. The number of carbonyl (C=O) groups excluding carboxylic acids is 1. The van der Waals surface area contributed by atoms with Crippen LogP contribution in [-0.2, 0) is 0 Å². The Hall–Kier alpha value is -1.09. The highest BCUT2D eigenvalue weighted by atomic mass is 35.5. The molecule has 1 aromatic rings. The van der Waals surface area contributed by atoms with Crippen LogP contribution in [0.1, 0.15) is 37.6 Å². The molecule has 1 aromatic heterocycles. The maximum absolute atomic E-state index is 12.2. The van der Waals surface area contributed by atoms with Gasteiger partial charge in [0, 0.05) is 24.3 Å². The van der Waals surface area contributed by atoms with Crippen LogP contribution in [0, 0.1) is 0 Å². The van der Waals surface area contributed by atoms with Crippen molar-refractivity contribution in [1.82, 2.24) is 9.88 Å². The predicted molar refractivity (Wildman–Crippen MR) is 65.7 cm³/mol. The number of amides is 1. The van der Waals surface area contributed by atoms with E-state index in [2.05, 4.69) is 11.9 Å². The molecule has 1 unspecified atom stereocenters. The fraction of sp³-hybridized carbons (Fsp3) is 0.500. The number of carbonyl (C=O) groups is 1. The number of rotatable bonds is 4. The average Bonchev–Trinajstić information content (AvgIpc) is 2.29. The average molecular weight is 241 g/mol. The normalized spacial score (nSPS) is 12.2. The lowest BCUT2D eigenvalue weighted by atomic mass is 10.1. The van der Waals surface area contributed by atoms with Crippen molar-refractivity contribution in [2.24, 2.45) is 0 Å². The van der Waals surface area contributed by atoms with Gasteiger partial charge in [-0.1, -0.05) is 18.5 Å². The smallest absolute Gasteiger partial charge is 0.254 e. The Kier molecular flexibility index (Phi) is 4.74. The van der Waals surface area contributed by atoms with Gasteiger partial charge in [-0.15, -0.1) is 0 Å². The molecule has 1 atom stereocenters. The second kappa shape index (κ2) is 5.85. The molecular weight excluding hydrogens is 224 g/mol. The second-order valence-electron chi connectivity index (χ2n) is 3.72. The predicted octanol–water partition coefficient (Wildman–Crippen LogP) is 3.00. The van der Waals surface area contributed by atoms with Crippen LogP contribution >= 0.6 is 11.6 Å². The van der Waals surface area contributed by atoms with Crippen molar-refractivity contribution in [3.63, 3.8) is 0 Å². The van der Waals surface area contributed by atoms with E-state index in [4.69, 9.17) is 11.6 Å². The Morgan fingerprint density at radius 1 is 1.56 bits per heavy atom. The Balaban J connectivity index is 2.91. The summed E-state index contributed by atoms with van der Waals surface area (Å²) in [4.78, 5) is 17.9. The number of aromatic nitrogens is 1. The SMILES string of the molecule is CCC(C)N(CC)C(=O)c1ccnc(Cl)c1. The van der Waals surface area contributed by atoms with Gasteiger partial charge < -0.3 is 4.90 Å². The number of halogens is 1. The van der Waals surface area contributed by atoms with E-state index in [0.29, 0.717) is 17.3 Å². The van der Waals surface area contributed by atoms with Crippen LogP contribution in [0.4, 0.5) is 0 Å². The van der Waals surface area contributed by atoms with Crippen LogP contribution in [0.5, 0.6) is 0 Å². The zero-order chi connectivity index (χ0) is 12.1. The topological polar surface area (TPSA) is 33.2 Å². The summed E-state index contributed by atoms with van der Waals surface area (Å²) < 4.78 is 0. The van der Waals surface area contributed by atoms with Gasteiger partial charge in [-0.25, -0.2) is 4.98 Å². The Morgan fingerprint density at radius 2 is 2.25 bits per heavy atom. The van der Waals surface area contributed by atoms with Gasteiger partial charge >= 0.3 is 0 Å². The molecule has 0 aliphatic rings. The number of hydrogen-bond acceptors (Lipinski definition) is 2. The fourth-order valence-corrected chi connectivity index (χ4v) is 1.75. The van der Waals surface area contributed by atoms with Gasteiger partial charge in [0.2, 0.25) is 0 Å². The van der Waals surface area contributed by atoms with Crippen molar-refractivity contribution < 1.29 is 4.79 Å². The standard InChI is InChI=1S/C12H17ClN2O/c1-4-9(3)15(5-2)12(16)10-6-7-14-11(13)8-10/h6-9H,4-5H2,1-3H3. The van der Waals surface area contributed by atoms with Gasteiger partial charge in [-0.2, -0.15) is 0 Å². The molecule has 4 heteroatoms. The summed E-state index contributed by atoms with van der Waals surface area (Å²) in [7, 11) is 0. The highest BCUT2D eigenvalue weighted by molar-refractivity contribution is 6.29. The summed E-state index contributed by atoms with van der Waals surface area (Å²) in [6, 6.07) is 3.54. The highest BCUT2D eigenvalue weighted by Gasteiger charge is 2.18. The summed E-state index contributed by atoms with van der Waals surface area (Å²) in [5, 5.41) is 0.353. The third kappa shape index (κ3) is 2.95. The molecule has 0 aliphatic heterocycles. The lowest BCUT2D eigenvalue weighted by molar-refractivity contribution is 0.0700. The summed E-state index contributed by atoms with van der Waals surface area (Å²) >= 11 is 5.77. The molecule has 0 saturated carbocycles. The largest absolute Gasteiger partial charge is 0.336 e. The summed E-state index contributed by atoms with van der Waals surface area (Å²) in [6.07, 6.45) is 2.50. The minimum atomic E-state index is 0.0150. The first kappa shape index (κ1) is 13.0. The van der Waals surface area contributed by atoms with Gasteiger partial charge in [0.25, 0.3) is 5.91 Å². The van der Waals surface area contributed by atoms with E-state index in [1.165, 1.54) is 0 Å². The molecule has 1 heterocycles. The van der Waals surface area contributed by atoms with Gasteiger partial charge in [0.1, 0.15) is 5.15 Å². The van der Waals surface area contributed by atoms with Crippen molar-refractivity contribution in [1.29, 1.82) is 0 Å². The molecule has 0 saturated heterocycles. The highest BCUT2D eigenvalue weighted by Crippen LogP contribution is 2.13. The molecule has 1 rings (SSSR count). The minimum Gasteiger partial charge on any atom is -0.336 e. The zero-order valence-corrected chi connectivity index (χ0v) is 10.7. The van der Waals surface area contributed by atoms with Crippen molar-refractivity contribution >= 4 is 17.5 Å². The van der Waals surface area contributed by atoms with Gasteiger partial charge in [0.15, 0.2) is 0 Å². The maximum Gasteiger partial charge on any atom is 0.254 e. The first-order valence-corrected chi connectivity index (χ1v) is 5.90. The van der Waals surface area contributed by atoms with E-state index >= 15 is 0 Å². The first-order valence-electron chi connectivity index (χ1n) is 5.52. The molecule has 0 N–H and O–H groups in total. The maximum atomic E-state index is 12.2. The van der Waals surface area contributed by atoms with Gasteiger partial charge in [-0.05, 0) is 32.4 Å². The fourth-order valence-electron chi connectivity index (χ4n) is 1.58. The Morgan fingerprint density at radius 3 is 2.75 bits per heavy atom. The van der Waals surface area contributed by atoms with Crippen LogP contribution in [0.15, 0.2) is 18.3 Å². The van der Waals surface area contributed by atoms with E-state index in [1.54, 1.807) is 18.3 Å². The van der Waals surface area contributed by atoms with E-state index in [0.717, 1.165) is 6.42 Å². The van der Waals surface area contributed by atoms with E-state index in [1.807, 2.05) is 18.7 Å². The molecule has 0 bridgehead atoms. The quantitative estimate of drug-likeness (QED) is 0.758. The van der Waals surface area contributed by atoms with Crippen molar-refractivity contribution in [2.75, 3.05) is 6.54 Å². The van der Waals surface area contributed by atoms with Crippen LogP contribution < -0.4 is 0 Å². The van der Waals surface area contributed by atoms with Crippen LogP contribution in [-0.4, -0.2) is 28.4 Å². The third-order valence-corrected chi connectivity index (χ3v) is 2.90. The molecule has 0 fully saturated rings. The third-order valence-electron chi connectivity index (χ3n) is 2.70. The first-order chi connectivity index (χ1) is 7.60. The van der Waals surface area contributed by atoms with Gasteiger partial charge in [0.05, 0.1) is 0 Å². The zero-order valence-electron chi connectivity index (χ0n) is 9.90. The second-order valence-corrected chi connectivity index (χ2v) is 4.10. The number of pyridine rings is 1. The van der Waals surface area contributed by atoms with Crippen LogP contribution in [0.2, 0.25) is 5.15 Å². The monoisotopic (exact) mass is 240 g/mol.